The van der Waals surface area contributed by atoms with Gasteiger partial charge in [-0.25, -0.2) is 14.2 Å². The smallest absolute Gasteiger partial charge is 0.343 e. The number of cyclic esters (lactones) is 1. The molecule has 3 aliphatic heterocycles. The highest BCUT2D eigenvalue weighted by Gasteiger charge is 2.46. The number of ether oxygens (including phenoxy) is 2. The molecule has 2 aromatic heterocycles. The predicted molar refractivity (Wildman–Crippen MR) is 285 cm³/mol. The summed E-state index contributed by atoms with van der Waals surface area (Å²) in [6.45, 7) is 4.47. The number of Topliss-reactive ketones (excluding diaryl/α,β-unsaturated/α-hetero) is 3. The van der Waals surface area contributed by atoms with E-state index in [9.17, 15) is 53.1 Å². The van der Waals surface area contributed by atoms with Crippen molar-refractivity contribution in [3.8, 4) is 11.4 Å². The molecule has 0 saturated carbocycles. The minimum Gasteiger partial charge on any atom is -0.458 e. The highest BCUT2D eigenvalue weighted by Crippen LogP contribution is 2.46. The third kappa shape index (κ3) is 13.1. The number of fused-ring (bicyclic) bond motifs is 5. The lowest BCUT2D eigenvalue weighted by atomic mass is 9.81. The fraction of sp³-hybridized carbons (Fsp3) is 0.508. The number of nitrogens with one attached hydrogen (secondary N) is 3. The first-order valence-electron chi connectivity index (χ1n) is 27.6. The first-order valence-corrected chi connectivity index (χ1v) is 27.6. The number of esters is 1. The van der Waals surface area contributed by atoms with E-state index in [-0.39, 0.29) is 138 Å². The Morgan fingerprint density at radius 1 is 0.886 bits per heavy atom. The Kier molecular flexibility index (Phi) is 18.8. The van der Waals surface area contributed by atoms with Crippen LogP contribution in [0.25, 0.3) is 22.3 Å². The largest absolute Gasteiger partial charge is 0.458 e. The number of nitrogens with zero attached hydrogens (tertiary/aromatic N) is 3. The lowest BCUT2D eigenvalue weighted by molar-refractivity contribution is -0.172. The summed E-state index contributed by atoms with van der Waals surface area (Å²) in [4.78, 5) is 136. The van der Waals surface area contributed by atoms with Crippen LogP contribution in [0.1, 0.15) is 149 Å². The molecular weight excluding hydrogens is 1020 g/mol. The van der Waals surface area contributed by atoms with Crippen molar-refractivity contribution >= 4 is 63.8 Å². The third-order valence-corrected chi connectivity index (χ3v) is 15.7. The summed E-state index contributed by atoms with van der Waals surface area (Å²) in [5, 5.41) is 20.3. The van der Waals surface area contributed by atoms with E-state index in [0.29, 0.717) is 84.1 Å². The Morgan fingerprint density at radius 2 is 1.65 bits per heavy atom. The number of likely N-dealkylation sites (tertiary alicyclic amines) is 1. The number of amides is 5. The van der Waals surface area contributed by atoms with Crippen LogP contribution in [0.3, 0.4) is 0 Å². The molecule has 20 heteroatoms. The number of aromatic nitrogens is 2. The first kappa shape index (κ1) is 57.8. The average Bonchev–Trinajstić information content (AvgIpc) is 3.98. The summed E-state index contributed by atoms with van der Waals surface area (Å²) >= 11 is 0. The van der Waals surface area contributed by atoms with E-state index in [4.69, 9.17) is 14.5 Å². The van der Waals surface area contributed by atoms with Gasteiger partial charge in [-0.2, -0.15) is 0 Å². The first-order chi connectivity index (χ1) is 37.9. The van der Waals surface area contributed by atoms with Gasteiger partial charge in [-0.15, -0.1) is 0 Å². The molecule has 0 spiro atoms. The van der Waals surface area contributed by atoms with E-state index >= 15 is 4.39 Å². The summed E-state index contributed by atoms with van der Waals surface area (Å²) < 4.78 is 27.8. The second kappa shape index (κ2) is 25.6. The second-order valence-corrected chi connectivity index (χ2v) is 21.2. The summed E-state index contributed by atoms with van der Waals surface area (Å²) in [5.41, 5.74) is 2.26. The van der Waals surface area contributed by atoms with Gasteiger partial charge in [0, 0.05) is 86.1 Å². The van der Waals surface area contributed by atoms with Crippen molar-refractivity contribution in [1.29, 1.82) is 0 Å². The number of imide groups is 1. The molecule has 8 rings (SSSR count). The fourth-order valence-corrected chi connectivity index (χ4v) is 11.4. The molecule has 1 unspecified atom stereocenters. The number of benzene rings is 2. The van der Waals surface area contributed by atoms with Gasteiger partial charge >= 0.3 is 5.97 Å². The minimum atomic E-state index is -2.04. The normalized spacial score (nSPS) is 18.4. The highest BCUT2D eigenvalue weighted by molar-refractivity contribution is 6.03. The second-order valence-electron chi connectivity index (χ2n) is 21.2. The lowest BCUT2D eigenvalue weighted by Crippen LogP contribution is -2.44. The zero-order chi connectivity index (χ0) is 56.5. The molecule has 4 aliphatic rings. The van der Waals surface area contributed by atoms with Crippen LogP contribution >= 0.6 is 0 Å². The molecular formula is C59H69FN6O13. The number of aryl methyl sites for hydroxylation is 1. The molecule has 4 atom stereocenters. The standard InChI is InChI=1S/C59H69FN6O13/c1-4-13-36-26-51(72)65(56(36)74)22-11-7-10-16-38(67)18-21-49(70)61-30-40(69)25-37(24-35-14-8-6-9-15-35)55(73)62-29-39(68)17-12-23-78-33-50(71)63-46-20-19-41-34(3)45(60)28-47-52(41)53(46)42-31-66-48(54(42)64-47)27-44-43(57(66)75)32-79-58(76)59(44,77)5-2/h6,8-9,14-15,27-28,36-37,46,77H,4-5,7,10-13,16-26,29-33H2,1-3H3,(H,61,70)(H,62,73)(H,63,71)/t36?,37-,46+,59+/m1/s1. The Balaban J connectivity index is 0.773. The number of carbonyl (C=O) groups excluding carboxylic acids is 9. The molecule has 79 heavy (non-hydrogen) atoms. The van der Waals surface area contributed by atoms with Gasteiger partial charge in [0.1, 0.15) is 24.8 Å². The van der Waals surface area contributed by atoms with E-state index in [2.05, 4.69) is 16.0 Å². The number of pyridine rings is 2. The van der Waals surface area contributed by atoms with Gasteiger partial charge in [-0.3, -0.25) is 48.1 Å². The molecule has 4 N–H and O–H groups in total. The van der Waals surface area contributed by atoms with E-state index in [0.717, 1.165) is 17.5 Å². The van der Waals surface area contributed by atoms with Crippen LogP contribution in [0.5, 0.6) is 0 Å². The van der Waals surface area contributed by atoms with Gasteiger partial charge < -0.3 is 35.1 Å². The van der Waals surface area contributed by atoms with Crippen LogP contribution in [0.4, 0.5) is 4.39 Å². The molecule has 5 heterocycles. The summed E-state index contributed by atoms with van der Waals surface area (Å²) in [5.74, 6) is -4.88. The Bertz CT molecular complexity index is 3140. The van der Waals surface area contributed by atoms with Gasteiger partial charge in [0.15, 0.2) is 17.2 Å². The van der Waals surface area contributed by atoms with Crippen LogP contribution < -0.4 is 21.5 Å². The zero-order valence-corrected chi connectivity index (χ0v) is 45.1. The van der Waals surface area contributed by atoms with Crippen molar-refractivity contribution in [3.05, 3.63) is 97.6 Å². The maximum atomic E-state index is 15.4. The van der Waals surface area contributed by atoms with Gasteiger partial charge in [0.25, 0.3) is 5.56 Å². The van der Waals surface area contributed by atoms with Crippen molar-refractivity contribution in [3.63, 3.8) is 0 Å². The molecule has 420 valence electrons. The van der Waals surface area contributed by atoms with E-state index < -0.39 is 58.4 Å². The molecule has 19 nitrogen and oxygen atoms in total. The van der Waals surface area contributed by atoms with Crippen LogP contribution in [0, 0.1) is 24.6 Å². The number of carbonyl (C=O) groups is 9. The topological polar surface area (TPSA) is 267 Å². The number of halogens is 1. The molecule has 4 aromatic rings. The molecule has 1 fully saturated rings. The molecule has 5 amide bonds. The van der Waals surface area contributed by atoms with Gasteiger partial charge in [-0.1, -0.05) is 57.0 Å². The van der Waals surface area contributed by atoms with E-state index in [1.54, 1.807) is 32.0 Å². The predicted octanol–water partition coefficient (Wildman–Crippen LogP) is 5.13. The Labute approximate surface area is 456 Å². The summed E-state index contributed by atoms with van der Waals surface area (Å²) in [6.07, 6.45) is 4.82. The lowest BCUT2D eigenvalue weighted by Gasteiger charge is -2.31. The molecule has 0 radical (unpaired) electrons. The average molecular weight is 1090 g/mol. The summed E-state index contributed by atoms with van der Waals surface area (Å²) in [6, 6.07) is 11.4. The zero-order valence-electron chi connectivity index (χ0n) is 45.1. The molecule has 0 bridgehead atoms. The molecule has 1 saturated heterocycles. The van der Waals surface area contributed by atoms with Crippen molar-refractivity contribution < 1.29 is 62.1 Å². The number of hydrogen-bond donors (Lipinski definition) is 4. The van der Waals surface area contributed by atoms with Crippen LogP contribution in [-0.2, 0) is 84.2 Å². The third-order valence-electron chi connectivity index (χ3n) is 15.7. The van der Waals surface area contributed by atoms with Crippen LogP contribution in [0.15, 0.2) is 47.3 Å². The Morgan fingerprint density at radius 3 is 2.41 bits per heavy atom. The monoisotopic (exact) mass is 1090 g/mol. The molecule has 1 aliphatic carbocycles. The fourth-order valence-electron chi connectivity index (χ4n) is 11.4. The van der Waals surface area contributed by atoms with Gasteiger partial charge in [0.2, 0.25) is 29.5 Å². The number of rotatable bonds is 28. The van der Waals surface area contributed by atoms with Gasteiger partial charge in [-0.05, 0) is 86.6 Å². The highest BCUT2D eigenvalue weighted by atomic mass is 19.1. The minimum absolute atomic E-state index is 0.00415. The van der Waals surface area contributed by atoms with Crippen molar-refractivity contribution in [1.82, 2.24) is 30.4 Å². The maximum Gasteiger partial charge on any atom is 0.343 e. The SMILES string of the molecule is CCCC1CC(=O)N(CCCCCC(=O)CCC(=O)NCC(=O)C[C@@H](Cc2ccccc2)C(=O)NCC(=O)CCCOCC(=O)N[C@H]2CCc3c(C)c(F)cc4nc5c(c2c34)Cn2c-5cc3c(c2=O)COC(=O)[C@]3(O)CC)C1=O. The van der Waals surface area contributed by atoms with Gasteiger partial charge in [0.05, 0.1) is 48.1 Å². The van der Waals surface area contributed by atoms with E-state index in [1.165, 1.54) is 15.5 Å². The number of unbranched alkanes of at least 4 members (excludes halogenated alkanes) is 2. The number of hydrogen-bond acceptors (Lipinski definition) is 14. The quantitative estimate of drug-likeness (QED) is 0.0288. The number of ketones is 3. The maximum absolute atomic E-state index is 15.4. The number of aliphatic hydroxyl groups is 1. The van der Waals surface area contributed by atoms with Crippen molar-refractivity contribution in [2.45, 2.75) is 148 Å². The van der Waals surface area contributed by atoms with Crippen LogP contribution in [-0.4, -0.2) is 105 Å². The summed E-state index contributed by atoms with van der Waals surface area (Å²) in [7, 11) is 0. The van der Waals surface area contributed by atoms with E-state index in [1.807, 2.05) is 25.1 Å². The van der Waals surface area contributed by atoms with Crippen LogP contribution in [0.2, 0.25) is 0 Å². The molecule has 2 aromatic carbocycles. The van der Waals surface area contributed by atoms with Crippen molar-refractivity contribution in [2.24, 2.45) is 11.8 Å². The van der Waals surface area contributed by atoms with Crippen molar-refractivity contribution in [2.75, 3.05) is 32.8 Å². The Hall–Kier alpha value is -7.32.